The molecule has 1 aromatic rings. The van der Waals surface area contributed by atoms with Gasteiger partial charge in [-0.25, -0.2) is 0 Å². The Bertz CT molecular complexity index is 372. The molecular weight excluding hydrogens is 291 g/mol. The van der Waals surface area contributed by atoms with Gasteiger partial charge in [0.05, 0.1) is 18.6 Å². The molecule has 1 saturated heterocycles. The lowest BCUT2D eigenvalue weighted by atomic mass is 10.0. The van der Waals surface area contributed by atoms with Crippen molar-refractivity contribution in [1.29, 1.82) is 0 Å². The Kier molecular flexibility index (Phi) is 3.90. The molecule has 0 radical (unpaired) electrons. The van der Waals surface area contributed by atoms with Gasteiger partial charge in [0.1, 0.15) is 0 Å². The zero-order chi connectivity index (χ0) is 11.6. The van der Waals surface area contributed by atoms with Crippen LogP contribution in [0.5, 0.6) is 0 Å². The van der Waals surface area contributed by atoms with Crippen LogP contribution in [0.4, 0.5) is 0 Å². The zero-order valence-electron chi connectivity index (χ0n) is 9.08. The van der Waals surface area contributed by atoms with Crippen molar-refractivity contribution in [3.8, 4) is 0 Å². The van der Waals surface area contributed by atoms with Crippen LogP contribution < -0.4 is 0 Å². The van der Waals surface area contributed by atoms with Gasteiger partial charge in [-0.15, -0.1) is 11.6 Å². The van der Waals surface area contributed by atoms with E-state index in [2.05, 4.69) is 22.9 Å². The van der Waals surface area contributed by atoms with Crippen LogP contribution in [0.1, 0.15) is 18.9 Å². The lowest BCUT2D eigenvalue weighted by Crippen LogP contribution is -2.27. The quantitative estimate of drug-likeness (QED) is 0.793. The molecule has 0 bridgehead atoms. The molecule has 2 unspecified atom stereocenters. The second kappa shape index (κ2) is 5.05. The maximum absolute atomic E-state index is 5.91. The molecule has 0 spiro atoms. The molecule has 1 fully saturated rings. The lowest BCUT2D eigenvalue weighted by Gasteiger charge is -2.27. The molecule has 4 heteroatoms. The van der Waals surface area contributed by atoms with Crippen LogP contribution in [0.3, 0.4) is 0 Å². The molecule has 1 aromatic carbocycles. The Balaban J connectivity index is 2.29. The highest BCUT2D eigenvalue weighted by atomic mass is 79.9. The number of halogens is 2. The van der Waals surface area contributed by atoms with Crippen LogP contribution in [-0.4, -0.2) is 18.6 Å². The standard InChI is InChI=1S/C12H14BrClO2/c1-2-12(15-8-11(7-14)16-12)9-4-3-5-10(13)6-9/h3-6,11H,2,7-8H2,1H3. The van der Waals surface area contributed by atoms with Gasteiger partial charge in [0, 0.05) is 16.5 Å². The molecule has 0 N–H and O–H groups in total. The molecular formula is C12H14BrClO2. The molecule has 2 rings (SSSR count). The highest BCUT2D eigenvalue weighted by Gasteiger charge is 2.41. The largest absolute Gasteiger partial charge is 0.343 e. The van der Waals surface area contributed by atoms with Crippen LogP contribution >= 0.6 is 27.5 Å². The Morgan fingerprint density at radius 3 is 2.94 bits per heavy atom. The topological polar surface area (TPSA) is 18.5 Å². The third kappa shape index (κ3) is 2.28. The Labute approximate surface area is 109 Å². The van der Waals surface area contributed by atoms with Crippen molar-refractivity contribution in [3.63, 3.8) is 0 Å². The predicted octanol–water partition coefficient (Wildman–Crippen LogP) is 3.67. The van der Waals surface area contributed by atoms with E-state index in [9.17, 15) is 0 Å². The fourth-order valence-corrected chi connectivity index (χ4v) is 2.46. The minimum Gasteiger partial charge on any atom is -0.343 e. The van der Waals surface area contributed by atoms with Gasteiger partial charge in [-0.05, 0) is 12.1 Å². The summed E-state index contributed by atoms with van der Waals surface area (Å²) in [6.07, 6.45) is 0.761. The van der Waals surface area contributed by atoms with E-state index in [1.54, 1.807) is 0 Å². The monoisotopic (exact) mass is 304 g/mol. The smallest absolute Gasteiger partial charge is 0.195 e. The molecule has 2 nitrogen and oxygen atoms in total. The zero-order valence-corrected chi connectivity index (χ0v) is 11.4. The van der Waals surface area contributed by atoms with Crippen molar-refractivity contribution in [3.05, 3.63) is 34.3 Å². The Morgan fingerprint density at radius 1 is 1.56 bits per heavy atom. The van der Waals surface area contributed by atoms with Crippen molar-refractivity contribution in [2.45, 2.75) is 25.2 Å². The molecule has 2 atom stereocenters. The van der Waals surface area contributed by atoms with Gasteiger partial charge in [0.15, 0.2) is 5.79 Å². The second-order valence-electron chi connectivity index (χ2n) is 3.82. The Hall–Kier alpha value is -0.0900. The summed E-state index contributed by atoms with van der Waals surface area (Å²) in [6.45, 7) is 2.61. The van der Waals surface area contributed by atoms with Gasteiger partial charge in [0.25, 0.3) is 0 Å². The van der Waals surface area contributed by atoms with Crippen molar-refractivity contribution in [1.82, 2.24) is 0 Å². The van der Waals surface area contributed by atoms with Crippen LogP contribution in [-0.2, 0) is 15.3 Å². The van der Waals surface area contributed by atoms with Crippen molar-refractivity contribution in [2.75, 3.05) is 12.5 Å². The van der Waals surface area contributed by atoms with E-state index in [0.717, 1.165) is 16.5 Å². The summed E-state index contributed by atoms with van der Waals surface area (Å²) in [6, 6.07) is 8.02. The number of ether oxygens (including phenoxy) is 2. The fourth-order valence-electron chi connectivity index (χ4n) is 1.91. The lowest BCUT2D eigenvalue weighted by molar-refractivity contribution is -0.176. The predicted molar refractivity (Wildman–Crippen MR) is 67.7 cm³/mol. The molecule has 0 saturated carbocycles. The van der Waals surface area contributed by atoms with Crippen LogP contribution in [0.25, 0.3) is 0 Å². The minimum atomic E-state index is -0.622. The van der Waals surface area contributed by atoms with E-state index in [1.165, 1.54) is 0 Å². The molecule has 0 amide bonds. The summed E-state index contributed by atoms with van der Waals surface area (Å²) in [5, 5.41) is 0. The number of benzene rings is 1. The summed E-state index contributed by atoms with van der Waals surface area (Å²) in [7, 11) is 0. The van der Waals surface area contributed by atoms with Gasteiger partial charge in [-0.3, -0.25) is 0 Å². The van der Waals surface area contributed by atoms with E-state index in [1.807, 2.05) is 24.3 Å². The molecule has 1 aliphatic heterocycles. The number of hydrogen-bond donors (Lipinski definition) is 0. The van der Waals surface area contributed by atoms with Crippen LogP contribution in [0.2, 0.25) is 0 Å². The van der Waals surface area contributed by atoms with Crippen molar-refractivity contribution in [2.24, 2.45) is 0 Å². The molecule has 0 aromatic heterocycles. The summed E-state index contributed by atoms with van der Waals surface area (Å²) in [5.74, 6) is -0.154. The molecule has 1 heterocycles. The normalized spacial score (nSPS) is 29.6. The minimum absolute atomic E-state index is 0.0133. The summed E-state index contributed by atoms with van der Waals surface area (Å²) in [5.41, 5.74) is 1.04. The van der Waals surface area contributed by atoms with E-state index in [0.29, 0.717) is 12.5 Å². The molecule has 16 heavy (non-hydrogen) atoms. The van der Waals surface area contributed by atoms with Gasteiger partial charge in [-0.1, -0.05) is 35.0 Å². The van der Waals surface area contributed by atoms with E-state index >= 15 is 0 Å². The molecule has 0 aliphatic carbocycles. The third-order valence-corrected chi connectivity index (χ3v) is 3.60. The van der Waals surface area contributed by atoms with Crippen molar-refractivity contribution < 1.29 is 9.47 Å². The highest BCUT2D eigenvalue weighted by Crippen LogP contribution is 2.38. The van der Waals surface area contributed by atoms with Crippen LogP contribution in [0.15, 0.2) is 28.7 Å². The summed E-state index contributed by atoms with van der Waals surface area (Å²) in [4.78, 5) is 0. The van der Waals surface area contributed by atoms with Crippen LogP contribution in [0, 0.1) is 0 Å². The van der Waals surface area contributed by atoms with Gasteiger partial charge >= 0.3 is 0 Å². The first-order chi connectivity index (χ1) is 7.70. The number of alkyl halides is 1. The summed E-state index contributed by atoms with van der Waals surface area (Å²) < 4.78 is 12.7. The Morgan fingerprint density at radius 2 is 2.38 bits per heavy atom. The molecule has 1 aliphatic rings. The third-order valence-electron chi connectivity index (χ3n) is 2.76. The summed E-state index contributed by atoms with van der Waals surface area (Å²) >= 11 is 9.25. The fraction of sp³-hybridized carbons (Fsp3) is 0.500. The average molecular weight is 306 g/mol. The first-order valence-corrected chi connectivity index (χ1v) is 6.66. The highest BCUT2D eigenvalue weighted by molar-refractivity contribution is 9.10. The van der Waals surface area contributed by atoms with E-state index in [-0.39, 0.29) is 6.10 Å². The van der Waals surface area contributed by atoms with Gasteiger partial charge in [-0.2, -0.15) is 0 Å². The maximum Gasteiger partial charge on any atom is 0.195 e. The first-order valence-electron chi connectivity index (χ1n) is 5.34. The van der Waals surface area contributed by atoms with E-state index in [4.69, 9.17) is 21.1 Å². The number of hydrogen-bond acceptors (Lipinski definition) is 2. The van der Waals surface area contributed by atoms with Gasteiger partial charge in [0.2, 0.25) is 0 Å². The SMILES string of the molecule is CCC1(c2cccc(Br)c2)OCC(CCl)O1. The first kappa shape index (κ1) is 12.4. The van der Waals surface area contributed by atoms with Gasteiger partial charge < -0.3 is 9.47 Å². The molecule has 88 valence electrons. The maximum atomic E-state index is 5.91. The van der Waals surface area contributed by atoms with Crippen molar-refractivity contribution >= 4 is 27.5 Å². The average Bonchev–Trinajstić information content (AvgIpc) is 2.74. The second-order valence-corrected chi connectivity index (χ2v) is 5.05. The number of rotatable bonds is 3. The van der Waals surface area contributed by atoms with E-state index < -0.39 is 5.79 Å².